The van der Waals surface area contributed by atoms with E-state index in [1.807, 2.05) is 7.05 Å². The predicted octanol–water partition coefficient (Wildman–Crippen LogP) is 2.74. The van der Waals surface area contributed by atoms with Crippen LogP contribution in [0.3, 0.4) is 0 Å². The minimum atomic E-state index is -0.0930. The Hall–Kier alpha value is -0.570. The van der Waals surface area contributed by atoms with E-state index in [0.717, 1.165) is 24.7 Å². The fourth-order valence-corrected chi connectivity index (χ4v) is 3.18. The molecule has 0 radical (unpaired) electrons. The van der Waals surface area contributed by atoms with E-state index >= 15 is 0 Å². The number of ether oxygens (including phenoxy) is 1. The maximum atomic E-state index is 11.5. The van der Waals surface area contributed by atoms with Crippen LogP contribution in [0.1, 0.15) is 52.4 Å². The second-order valence-electron chi connectivity index (χ2n) is 5.88. The lowest BCUT2D eigenvalue weighted by atomic mass is 9.71. The summed E-state index contributed by atoms with van der Waals surface area (Å²) in [4.78, 5) is 11.5. The van der Waals surface area contributed by atoms with Crippen LogP contribution in [0.5, 0.6) is 0 Å². The van der Waals surface area contributed by atoms with Crippen molar-refractivity contribution < 1.29 is 9.53 Å². The molecule has 0 bridgehead atoms. The number of methoxy groups -OCH3 is 1. The van der Waals surface area contributed by atoms with Gasteiger partial charge in [-0.1, -0.05) is 26.7 Å². The SMILES string of the molecule is CNC1(CC(=O)OC)CCCC(CC(C)C)C1. The van der Waals surface area contributed by atoms with Gasteiger partial charge in [0, 0.05) is 5.54 Å². The average Bonchev–Trinajstić information content (AvgIpc) is 2.28. The molecule has 1 rings (SSSR count). The smallest absolute Gasteiger partial charge is 0.307 e. The molecular weight excluding hydrogens is 214 g/mol. The Labute approximate surface area is 105 Å². The number of hydrogen-bond donors (Lipinski definition) is 1. The molecule has 1 aliphatic rings. The Kier molecular flexibility index (Phi) is 5.44. The normalized spacial score (nSPS) is 29.4. The van der Waals surface area contributed by atoms with Crippen LogP contribution in [0.25, 0.3) is 0 Å². The van der Waals surface area contributed by atoms with Crippen molar-refractivity contribution in [2.45, 2.75) is 57.9 Å². The van der Waals surface area contributed by atoms with E-state index < -0.39 is 0 Å². The van der Waals surface area contributed by atoms with Crippen LogP contribution in [0.15, 0.2) is 0 Å². The largest absolute Gasteiger partial charge is 0.469 e. The zero-order valence-electron chi connectivity index (χ0n) is 11.7. The van der Waals surface area contributed by atoms with Crippen LogP contribution >= 0.6 is 0 Å². The first-order chi connectivity index (χ1) is 8.01. The van der Waals surface area contributed by atoms with E-state index in [0.29, 0.717) is 6.42 Å². The number of hydrogen-bond acceptors (Lipinski definition) is 3. The summed E-state index contributed by atoms with van der Waals surface area (Å²) in [5.41, 5.74) is -0.0229. The molecule has 100 valence electrons. The van der Waals surface area contributed by atoms with Gasteiger partial charge in [-0.05, 0) is 38.1 Å². The predicted molar refractivity (Wildman–Crippen MR) is 69.8 cm³/mol. The summed E-state index contributed by atoms with van der Waals surface area (Å²) in [6.07, 6.45) is 6.50. The highest BCUT2D eigenvalue weighted by molar-refractivity contribution is 5.70. The Bertz CT molecular complexity index is 253. The molecule has 17 heavy (non-hydrogen) atoms. The van der Waals surface area contributed by atoms with Gasteiger partial charge in [0.2, 0.25) is 0 Å². The van der Waals surface area contributed by atoms with Gasteiger partial charge in [-0.25, -0.2) is 0 Å². The van der Waals surface area contributed by atoms with Gasteiger partial charge in [-0.2, -0.15) is 0 Å². The lowest BCUT2D eigenvalue weighted by molar-refractivity contribution is -0.142. The third-order valence-corrected chi connectivity index (χ3v) is 3.99. The van der Waals surface area contributed by atoms with Crippen LogP contribution in [-0.2, 0) is 9.53 Å². The van der Waals surface area contributed by atoms with Gasteiger partial charge in [0.25, 0.3) is 0 Å². The van der Waals surface area contributed by atoms with Crippen LogP contribution in [0.4, 0.5) is 0 Å². The molecule has 1 fully saturated rings. The van der Waals surface area contributed by atoms with Crippen LogP contribution in [0.2, 0.25) is 0 Å². The van der Waals surface area contributed by atoms with Crippen molar-refractivity contribution in [3.05, 3.63) is 0 Å². The van der Waals surface area contributed by atoms with Gasteiger partial charge in [0.15, 0.2) is 0 Å². The summed E-state index contributed by atoms with van der Waals surface area (Å²) in [6, 6.07) is 0. The number of esters is 1. The van der Waals surface area contributed by atoms with Crippen molar-refractivity contribution in [3.63, 3.8) is 0 Å². The molecule has 0 aromatic rings. The molecule has 1 saturated carbocycles. The first-order valence-corrected chi connectivity index (χ1v) is 6.77. The molecule has 0 saturated heterocycles. The molecule has 1 N–H and O–H groups in total. The van der Waals surface area contributed by atoms with E-state index in [1.165, 1.54) is 26.4 Å². The Morgan fingerprint density at radius 3 is 2.76 bits per heavy atom. The number of carbonyl (C=O) groups excluding carboxylic acids is 1. The number of carbonyl (C=O) groups is 1. The zero-order valence-corrected chi connectivity index (χ0v) is 11.7. The number of nitrogens with one attached hydrogen (secondary N) is 1. The monoisotopic (exact) mass is 241 g/mol. The summed E-state index contributed by atoms with van der Waals surface area (Å²) in [7, 11) is 3.45. The lowest BCUT2D eigenvalue weighted by Crippen LogP contribution is -2.48. The average molecular weight is 241 g/mol. The third-order valence-electron chi connectivity index (χ3n) is 3.99. The standard InChI is InChI=1S/C14H27NO2/c1-11(2)8-12-6-5-7-14(9-12,15-3)10-13(16)17-4/h11-12,15H,5-10H2,1-4H3. The van der Waals surface area contributed by atoms with Gasteiger partial charge in [-0.15, -0.1) is 0 Å². The molecule has 0 amide bonds. The molecule has 0 heterocycles. The van der Waals surface area contributed by atoms with Gasteiger partial charge in [0.05, 0.1) is 13.5 Å². The van der Waals surface area contributed by atoms with E-state index in [4.69, 9.17) is 4.74 Å². The maximum absolute atomic E-state index is 11.5. The fourth-order valence-electron chi connectivity index (χ4n) is 3.18. The Morgan fingerprint density at radius 1 is 1.53 bits per heavy atom. The summed E-state index contributed by atoms with van der Waals surface area (Å²) in [6.45, 7) is 4.55. The van der Waals surface area contributed by atoms with Crippen molar-refractivity contribution in [2.75, 3.05) is 14.2 Å². The highest BCUT2D eigenvalue weighted by atomic mass is 16.5. The van der Waals surface area contributed by atoms with Gasteiger partial charge >= 0.3 is 5.97 Å². The van der Waals surface area contributed by atoms with E-state index in [-0.39, 0.29) is 11.5 Å². The minimum absolute atomic E-state index is 0.0229. The van der Waals surface area contributed by atoms with Gasteiger partial charge in [0.1, 0.15) is 0 Å². The van der Waals surface area contributed by atoms with E-state index in [9.17, 15) is 4.79 Å². The molecule has 0 aliphatic heterocycles. The summed E-state index contributed by atoms with van der Waals surface area (Å²) < 4.78 is 4.82. The second-order valence-corrected chi connectivity index (χ2v) is 5.88. The molecule has 3 heteroatoms. The van der Waals surface area contributed by atoms with Crippen molar-refractivity contribution in [1.29, 1.82) is 0 Å². The molecule has 0 aromatic carbocycles. The van der Waals surface area contributed by atoms with Crippen molar-refractivity contribution in [2.24, 2.45) is 11.8 Å². The highest BCUT2D eigenvalue weighted by Gasteiger charge is 2.37. The van der Waals surface area contributed by atoms with Crippen molar-refractivity contribution in [1.82, 2.24) is 5.32 Å². The van der Waals surface area contributed by atoms with Crippen LogP contribution in [0, 0.1) is 11.8 Å². The van der Waals surface area contributed by atoms with Crippen LogP contribution < -0.4 is 5.32 Å². The first-order valence-electron chi connectivity index (χ1n) is 6.77. The molecule has 0 spiro atoms. The number of rotatable bonds is 5. The lowest BCUT2D eigenvalue weighted by Gasteiger charge is -2.41. The maximum Gasteiger partial charge on any atom is 0.307 e. The molecule has 2 unspecified atom stereocenters. The van der Waals surface area contributed by atoms with Crippen LogP contribution in [-0.4, -0.2) is 25.7 Å². The topological polar surface area (TPSA) is 38.3 Å². The highest BCUT2D eigenvalue weighted by Crippen LogP contribution is 2.37. The van der Waals surface area contributed by atoms with Crippen molar-refractivity contribution in [3.8, 4) is 0 Å². The van der Waals surface area contributed by atoms with E-state index in [1.54, 1.807) is 0 Å². The molecule has 1 aliphatic carbocycles. The van der Waals surface area contributed by atoms with Gasteiger partial charge in [-0.3, -0.25) is 4.79 Å². The second kappa shape index (κ2) is 6.39. The molecule has 3 nitrogen and oxygen atoms in total. The van der Waals surface area contributed by atoms with E-state index in [2.05, 4.69) is 19.2 Å². The van der Waals surface area contributed by atoms with Gasteiger partial charge < -0.3 is 10.1 Å². The molecule has 0 aromatic heterocycles. The fraction of sp³-hybridized carbons (Fsp3) is 0.929. The summed E-state index contributed by atoms with van der Waals surface area (Å²) >= 11 is 0. The first kappa shape index (κ1) is 14.5. The zero-order chi connectivity index (χ0) is 12.9. The minimum Gasteiger partial charge on any atom is -0.469 e. The third kappa shape index (κ3) is 4.30. The summed E-state index contributed by atoms with van der Waals surface area (Å²) in [5, 5.41) is 3.39. The molecule has 2 atom stereocenters. The Balaban J connectivity index is 2.61. The Morgan fingerprint density at radius 2 is 2.24 bits per heavy atom. The summed E-state index contributed by atoms with van der Waals surface area (Å²) in [5.74, 6) is 1.40. The van der Waals surface area contributed by atoms with Crippen molar-refractivity contribution >= 4 is 5.97 Å². The molecular formula is C14H27NO2. The quantitative estimate of drug-likeness (QED) is 0.752.